The van der Waals surface area contributed by atoms with Crippen molar-refractivity contribution in [3.8, 4) is 0 Å². The lowest BCUT2D eigenvalue weighted by molar-refractivity contribution is -0.139. The predicted octanol–water partition coefficient (Wildman–Crippen LogP) is 1.81. The summed E-state index contributed by atoms with van der Waals surface area (Å²) in [5, 5.41) is 0. The van der Waals surface area contributed by atoms with Gasteiger partial charge in [0.1, 0.15) is 0 Å². The quantitative estimate of drug-likeness (QED) is 0.781. The van der Waals surface area contributed by atoms with Gasteiger partial charge in [-0.3, -0.25) is 4.79 Å². The summed E-state index contributed by atoms with van der Waals surface area (Å²) in [6.45, 7) is 0. The van der Waals surface area contributed by atoms with Crippen LogP contribution in [0.1, 0.15) is 5.69 Å². The lowest BCUT2D eigenvalue weighted by Crippen LogP contribution is -2.06. The summed E-state index contributed by atoms with van der Waals surface area (Å²) in [5.74, 6) is -0.259. The van der Waals surface area contributed by atoms with E-state index in [2.05, 4.69) is 25.7 Å². The molecule has 0 radical (unpaired) electrons. The molecule has 0 fully saturated rings. The van der Waals surface area contributed by atoms with Crippen molar-refractivity contribution in [1.29, 1.82) is 0 Å². The van der Waals surface area contributed by atoms with Crippen LogP contribution in [0.25, 0.3) is 5.65 Å². The minimum absolute atomic E-state index is 0.245. The molecule has 2 aromatic rings. The lowest BCUT2D eigenvalue weighted by Gasteiger charge is -2.00. The average Bonchev–Trinajstić information content (AvgIpc) is 2.57. The molecule has 78 valence electrons. The average molecular weight is 269 g/mol. The number of hydrogen-bond donors (Lipinski definition) is 0. The number of rotatable bonds is 2. The summed E-state index contributed by atoms with van der Waals surface area (Å²) in [6.07, 6.45) is 3.82. The number of hydrogen-bond acceptors (Lipinski definition) is 3. The first-order valence-corrected chi connectivity index (χ1v) is 5.19. The molecule has 0 aliphatic rings. The Labute approximate surface area is 95.0 Å². The first-order valence-electron chi connectivity index (χ1n) is 4.39. The molecule has 0 spiro atoms. The van der Waals surface area contributed by atoms with Crippen LogP contribution in [0, 0.1) is 0 Å². The van der Waals surface area contributed by atoms with Crippen molar-refractivity contribution in [2.24, 2.45) is 0 Å². The molecule has 0 aliphatic heterocycles. The minimum Gasteiger partial charge on any atom is -0.469 e. The zero-order valence-corrected chi connectivity index (χ0v) is 9.69. The molecule has 15 heavy (non-hydrogen) atoms. The van der Waals surface area contributed by atoms with Crippen LogP contribution in [-0.2, 0) is 16.0 Å². The third-order valence-corrected chi connectivity index (χ3v) is 2.70. The first-order chi connectivity index (χ1) is 7.22. The second-order valence-corrected chi connectivity index (χ2v) is 3.90. The molecule has 0 aromatic carbocycles. The molecule has 2 heterocycles. The Bertz CT molecular complexity index is 507. The number of esters is 1. The van der Waals surface area contributed by atoms with Gasteiger partial charge in [-0.05, 0) is 28.1 Å². The topological polar surface area (TPSA) is 43.6 Å². The summed E-state index contributed by atoms with van der Waals surface area (Å²) in [4.78, 5) is 15.4. The largest absolute Gasteiger partial charge is 0.469 e. The Morgan fingerprint density at radius 1 is 1.67 bits per heavy atom. The molecular weight excluding hydrogens is 260 g/mol. The predicted molar refractivity (Wildman–Crippen MR) is 58.6 cm³/mol. The van der Waals surface area contributed by atoms with Crippen LogP contribution < -0.4 is 0 Å². The molecule has 2 rings (SSSR count). The fraction of sp³-hybridized carbons (Fsp3) is 0.200. The maximum atomic E-state index is 11.2. The minimum atomic E-state index is -0.259. The number of fused-ring (bicyclic) bond motifs is 1. The van der Waals surface area contributed by atoms with Crippen LogP contribution in [0.2, 0.25) is 0 Å². The van der Waals surface area contributed by atoms with E-state index in [4.69, 9.17) is 0 Å². The van der Waals surface area contributed by atoms with Crippen LogP contribution in [0.15, 0.2) is 29.0 Å². The number of carbonyl (C=O) groups excluding carboxylic acids is 1. The van der Waals surface area contributed by atoms with E-state index in [-0.39, 0.29) is 12.4 Å². The van der Waals surface area contributed by atoms with Gasteiger partial charge in [-0.15, -0.1) is 0 Å². The Morgan fingerprint density at radius 2 is 2.47 bits per heavy atom. The molecule has 2 aromatic heterocycles. The number of methoxy groups -OCH3 is 1. The van der Waals surface area contributed by atoms with Crippen molar-refractivity contribution in [1.82, 2.24) is 9.38 Å². The van der Waals surface area contributed by atoms with Crippen LogP contribution in [-0.4, -0.2) is 22.5 Å². The highest BCUT2D eigenvalue weighted by atomic mass is 79.9. The summed E-state index contributed by atoms with van der Waals surface area (Å²) in [6, 6.07) is 3.69. The van der Waals surface area contributed by atoms with E-state index < -0.39 is 0 Å². The fourth-order valence-corrected chi connectivity index (χ4v) is 1.97. The molecule has 0 saturated carbocycles. The molecular formula is C10H9BrN2O2. The van der Waals surface area contributed by atoms with Gasteiger partial charge in [0, 0.05) is 18.1 Å². The van der Waals surface area contributed by atoms with E-state index in [1.165, 1.54) is 7.11 Å². The molecule has 0 saturated heterocycles. The monoisotopic (exact) mass is 268 g/mol. The Hall–Kier alpha value is -1.36. The highest BCUT2D eigenvalue weighted by molar-refractivity contribution is 9.10. The van der Waals surface area contributed by atoms with E-state index in [0.29, 0.717) is 0 Å². The number of nitrogens with zero attached hydrogens (tertiary/aromatic N) is 2. The normalized spacial score (nSPS) is 10.5. The summed E-state index contributed by atoms with van der Waals surface area (Å²) < 4.78 is 7.36. The van der Waals surface area contributed by atoms with Crippen molar-refractivity contribution < 1.29 is 9.53 Å². The van der Waals surface area contributed by atoms with Gasteiger partial charge >= 0.3 is 5.97 Å². The first kappa shape index (κ1) is 10.2. The van der Waals surface area contributed by atoms with Gasteiger partial charge in [0.05, 0.1) is 18.0 Å². The third-order valence-electron chi connectivity index (χ3n) is 2.12. The van der Waals surface area contributed by atoms with Crippen LogP contribution in [0.3, 0.4) is 0 Å². The number of ether oxygens (including phenoxy) is 1. The summed E-state index contributed by atoms with van der Waals surface area (Å²) in [5.41, 5.74) is 1.66. The highest BCUT2D eigenvalue weighted by Crippen LogP contribution is 2.20. The SMILES string of the molecule is COC(=O)Cc1cc(Br)c2ncccn12. The number of aromatic nitrogens is 2. The lowest BCUT2D eigenvalue weighted by atomic mass is 10.3. The van der Waals surface area contributed by atoms with E-state index in [1.807, 2.05) is 22.7 Å². The molecule has 5 heteroatoms. The standard InChI is InChI=1S/C10H9BrN2O2/c1-15-9(14)6-7-5-8(11)10-12-3-2-4-13(7)10/h2-5H,6H2,1H3. The smallest absolute Gasteiger partial charge is 0.311 e. The van der Waals surface area contributed by atoms with Crippen molar-refractivity contribution in [2.75, 3.05) is 7.11 Å². The Kier molecular flexibility index (Phi) is 2.73. The van der Waals surface area contributed by atoms with Gasteiger partial charge in [0.25, 0.3) is 0 Å². The summed E-state index contributed by atoms with van der Waals surface area (Å²) >= 11 is 3.39. The maximum absolute atomic E-state index is 11.2. The van der Waals surface area contributed by atoms with E-state index >= 15 is 0 Å². The second-order valence-electron chi connectivity index (χ2n) is 3.05. The van der Waals surface area contributed by atoms with Gasteiger partial charge in [-0.1, -0.05) is 0 Å². The zero-order valence-electron chi connectivity index (χ0n) is 8.11. The van der Waals surface area contributed by atoms with Gasteiger partial charge in [0.15, 0.2) is 5.65 Å². The number of halogens is 1. The van der Waals surface area contributed by atoms with Crippen LogP contribution >= 0.6 is 15.9 Å². The molecule has 4 nitrogen and oxygen atoms in total. The van der Waals surface area contributed by atoms with Gasteiger partial charge in [-0.25, -0.2) is 4.98 Å². The third kappa shape index (κ3) is 1.87. The van der Waals surface area contributed by atoms with Crippen LogP contribution in [0.5, 0.6) is 0 Å². The molecule has 0 unspecified atom stereocenters. The van der Waals surface area contributed by atoms with E-state index in [1.54, 1.807) is 6.20 Å². The van der Waals surface area contributed by atoms with Crippen molar-refractivity contribution in [2.45, 2.75) is 6.42 Å². The zero-order chi connectivity index (χ0) is 10.8. The van der Waals surface area contributed by atoms with Gasteiger partial charge in [0.2, 0.25) is 0 Å². The second kappa shape index (κ2) is 4.02. The molecule has 0 aliphatic carbocycles. The molecule has 0 bridgehead atoms. The van der Waals surface area contributed by atoms with E-state index in [9.17, 15) is 4.79 Å². The van der Waals surface area contributed by atoms with Gasteiger partial charge < -0.3 is 9.14 Å². The van der Waals surface area contributed by atoms with Crippen molar-refractivity contribution in [3.05, 3.63) is 34.7 Å². The van der Waals surface area contributed by atoms with E-state index in [0.717, 1.165) is 15.8 Å². The highest BCUT2D eigenvalue weighted by Gasteiger charge is 2.11. The van der Waals surface area contributed by atoms with Crippen molar-refractivity contribution >= 4 is 27.5 Å². The summed E-state index contributed by atoms with van der Waals surface area (Å²) in [7, 11) is 1.38. The Balaban J connectivity index is 2.48. The number of carbonyl (C=O) groups is 1. The fourth-order valence-electron chi connectivity index (χ4n) is 1.42. The Morgan fingerprint density at radius 3 is 3.20 bits per heavy atom. The molecule has 0 N–H and O–H groups in total. The maximum Gasteiger partial charge on any atom is 0.311 e. The van der Waals surface area contributed by atoms with Crippen molar-refractivity contribution in [3.63, 3.8) is 0 Å². The molecule has 0 atom stereocenters. The molecule has 0 amide bonds. The van der Waals surface area contributed by atoms with Gasteiger partial charge in [-0.2, -0.15) is 0 Å². The van der Waals surface area contributed by atoms with Crippen LogP contribution in [0.4, 0.5) is 0 Å².